The summed E-state index contributed by atoms with van der Waals surface area (Å²) in [6.45, 7) is 4.90. The van der Waals surface area contributed by atoms with E-state index in [0.29, 0.717) is 17.1 Å². The Bertz CT molecular complexity index is 1010. The van der Waals surface area contributed by atoms with E-state index in [9.17, 15) is 14.0 Å². The van der Waals surface area contributed by atoms with Crippen molar-refractivity contribution in [2.75, 3.05) is 10.6 Å². The summed E-state index contributed by atoms with van der Waals surface area (Å²) in [5, 5.41) is 7.66. The van der Waals surface area contributed by atoms with Gasteiger partial charge in [-0.1, -0.05) is 6.07 Å². The molecule has 0 saturated carbocycles. The van der Waals surface area contributed by atoms with Crippen LogP contribution >= 0.6 is 0 Å². The molecule has 0 radical (unpaired) electrons. The van der Waals surface area contributed by atoms with Crippen molar-refractivity contribution in [3.63, 3.8) is 0 Å². The molecule has 3 N–H and O–H groups in total. The number of halogens is 1. The number of aromatic amines is 1. The van der Waals surface area contributed by atoms with Gasteiger partial charge in [0.1, 0.15) is 17.3 Å². The Kier molecular flexibility index (Phi) is 3.76. The molecule has 0 aliphatic carbocycles. The molecule has 0 aliphatic heterocycles. The maximum Gasteiger partial charge on any atom is 0.323 e. The minimum atomic E-state index is -0.670. The van der Waals surface area contributed by atoms with E-state index in [1.807, 2.05) is 0 Å². The molecular formula is C15H15FN6O2. The topological polar surface area (TPSA) is 104 Å². The van der Waals surface area contributed by atoms with Crippen LogP contribution < -0.4 is 16.2 Å². The van der Waals surface area contributed by atoms with Crippen LogP contribution in [-0.2, 0) is 0 Å². The van der Waals surface area contributed by atoms with Crippen molar-refractivity contribution in [2.45, 2.75) is 20.8 Å². The number of fused-ring (bicyclic) bond motifs is 1. The van der Waals surface area contributed by atoms with E-state index in [-0.39, 0.29) is 17.2 Å². The van der Waals surface area contributed by atoms with Crippen molar-refractivity contribution in [3.05, 3.63) is 51.5 Å². The van der Waals surface area contributed by atoms with Crippen LogP contribution in [0.5, 0.6) is 0 Å². The molecular weight excluding hydrogens is 315 g/mol. The first-order valence-electron chi connectivity index (χ1n) is 7.15. The maximum absolute atomic E-state index is 13.5. The maximum atomic E-state index is 13.5. The summed E-state index contributed by atoms with van der Waals surface area (Å²) >= 11 is 0. The first kappa shape index (κ1) is 15.7. The molecule has 0 aliphatic rings. The van der Waals surface area contributed by atoms with Gasteiger partial charge in [-0.3, -0.25) is 9.89 Å². The Hall–Kier alpha value is -3.23. The number of amides is 2. The number of aryl methyl sites for hydroxylation is 3. The lowest BCUT2D eigenvalue weighted by Gasteiger charge is -2.09. The van der Waals surface area contributed by atoms with Crippen molar-refractivity contribution in [3.8, 4) is 0 Å². The largest absolute Gasteiger partial charge is 0.323 e. The molecule has 3 rings (SSSR count). The highest BCUT2D eigenvalue weighted by molar-refractivity contribution is 6.00. The fraction of sp³-hybridized carbons (Fsp3) is 0.200. The highest BCUT2D eigenvalue weighted by atomic mass is 19.1. The van der Waals surface area contributed by atoms with Crippen LogP contribution in [0, 0.1) is 26.6 Å². The van der Waals surface area contributed by atoms with E-state index >= 15 is 0 Å². The first-order chi connectivity index (χ1) is 11.3. The monoisotopic (exact) mass is 330 g/mol. The van der Waals surface area contributed by atoms with Gasteiger partial charge in [-0.2, -0.15) is 9.50 Å². The zero-order chi connectivity index (χ0) is 17.4. The highest BCUT2D eigenvalue weighted by Gasteiger charge is 2.15. The molecule has 0 saturated heterocycles. The minimum absolute atomic E-state index is 0.0150. The number of anilines is 2. The molecule has 0 spiro atoms. The van der Waals surface area contributed by atoms with E-state index in [4.69, 9.17) is 0 Å². The van der Waals surface area contributed by atoms with Gasteiger partial charge in [0.2, 0.25) is 0 Å². The van der Waals surface area contributed by atoms with Gasteiger partial charge in [-0.15, -0.1) is 0 Å². The molecule has 24 heavy (non-hydrogen) atoms. The first-order valence-corrected chi connectivity index (χ1v) is 7.15. The summed E-state index contributed by atoms with van der Waals surface area (Å²) in [5.74, 6) is 0.317. The second-order valence-corrected chi connectivity index (χ2v) is 5.36. The second kappa shape index (κ2) is 5.76. The van der Waals surface area contributed by atoms with Crippen molar-refractivity contribution in [1.82, 2.24) is 19.6 Å². The molecule has 8 nitrogen and oxygen atoms in total. The van der Waals surface area contributed by atoms with Gasteiger partial charge in [0.15, 0.2) is 0 Å². The molecule has 2 aromatic heterocycles. The van der Waals surface area contributed by atoms with E-state index in [1.54, 1.807) is 32.9 Å². The number of aromatic nitrogens is 4. The number of nitrogens with one attached hydrogen (secondary N) is 3. The molecule has 0 atom stereocenters. The van der Waals surface area contributed by atoms with Crippen LogP contribution in [0.1, 0.15) is 17.1 Å². The average Bonchev–Trinajstić information content (AvgIpc) is 2.88. The van der Waals surface area contributed by atoms with E-state index in [2.05, 4.69) is 25.7 Å². The lowest BCUT2D eigenvalue weighted by atomic mass is 10.2. The number of hydrogen-bond acceptors (Lipinski definition) is 4. The Labute approximate surface area is 135 Å². The van der Waals surface area contributed by atoms with Gasteiger partial charge in [0, 0.05) is 5.69 Å². The van der Waals surface area contributed by atoms with Gasteiger partial charge < -0.3 is 10.6 Å². The lowest BCUT2D eigenvalue weighted by molar-refractivity contribution is 0.262. The summed E-state index contributed by atoms with van der Waals surface area (Å²) in [7, 11) is 0. The van der Waals surface area contributed by atoms with Gasteiger partial charge in [-0.05, 0) is 38.5 Å². The van der Waals surface area contributed by atoms with Crippen LogP contribution in [0.25, 0.3) is 5.78 Å². The molecule has 3 aromatic rings. The summed E-state index contributed by atoms with van der Waals surface area (Å²) in [6.07, 6.45) is 0. The molecule has 0 bridgehead atoms. The number of carbonyl (C=O) groups excluding carboxylic acids is 1. The molecule has 0 fully saturated rings. The fourth-order valence-corrected chi connectivity index (χ4v) is 2.22. The van der Waals surface area contributed by atoms with Gasteiger partial charge >= 0.3 is 6.03 Å². The lowest BCUT2D eigenvalue weighted by Crippen LogP contribution is -2.28. The molecule has 1 aromatic carbocycles. The van der Waals surface area contributed by atoms with Crippen molar-refractivity contribution in [1.29, 1.82) is 0 Å². The summed E-state index contributed by atoms with van der Waals surface area (Å²) < 4.78 is 14.7. The van der Waals surface area contributed by atoms with Crippen molar-refractivity contribution in [2.24, 2.45) is 0 Å². The average molecular weight is 330 g/mol. The van der Waals surface area contributed by atoms with Crippen molar-refractivity contribution >= 4 is 23.2 Å². The number of rotatable bonds is 2. The zero-order valence-corrected chi connectivity index (χ0v) is 13.3. The number of carbonyl (C=O) groups is 1. The summed E-state index contributed by atoms with van der Waals surface area (Å²) in [6, 6.07) is 3.65. The van der Waals surface area contributed by atoms with Crippen LogP contribution in [0.15, 0.2) is 23.0 Å². The predicted octanol–water partition coefficient (Wildman–Crippen LogP) is 2.13. The van der Waals surface area contributed by atoms with E-state index in [0.717, 1.165) is 4.52 Å². The highest BCUT2D eigenvalue weighted by Crippen LogP contribution is 2.14. The van der Waals surface area contributed by atoms with Gasteiger partial charge in [0.25, 0.3) is 11.3 Å². The number of urea groups is 1. The molecule has 9 heteroatoms. The normalized spacial score (nSPS) is 10.8. The molecule has 2 heterocycles. The van der Waals surface area contributed by atoms with Gasteiger partial charge in [0.05, 0.1) is 5.69 Å². The van der Waals surface area contributed by atoms with E-state index in [1.165, 1.54) is 6.07 Å². The third kappa shape index (κ3) is 2.83. The summed E-state index contributed by atoms with van der Waals surface area (Å²) in [4.78, 5) is 32.7. The smallest absolute Gasteiger partial charge is 0.308 e. The van der Waals surface area contributed by atoms with Crippen LogP contribution in [-0.4, -0.2) is 25.6 Å². The Morgan fingerprint density at radius 2 is 1.96 bits per heavy atom. The zero-order valence-electron chi connectivity index (χ0n) is 13.3. The predicted molar refractivity (Wildman–Crippen MR) is 86.9 cm³/mol. The molecule has 0 unspecified atom stereocenters. The third-order valence-corrected chi connectivity index (χ3v) is 3.46. The molecule has 2 amide bonds. The number of H-pyrrole nitrogens is 1. The fourth-order valence-electron chi connectivity index (χ4n) is 2.22. The Morgan fingerprint density at radius 1 is 1.21 bits per heavy atom. The van der Waals surface area contributed by atoms with Crippen molar-refractivity contribution < 1.29 is 9.18 Å². The third-order valence-electron chi connectivity index (χ3n) is 3.46. The van der Waals surface area contributed by atoms with Gasteiger partial charge in [-0.25, -0.2) is 14.2 Å². The quantitative estimate of drug-likeness (QED) is 0.669. The number of hydrogen-bond donors (Lipinski definition) is 3. The Morgan fingerprint density at radius 3 is 2.67 bits per heavy atom. The van der Waals surface area contributed by atoms with Crippen LogP contribution in [0.3, 0.4) is 0 Å². The van der Waals surface area contributed by atoms with E-state index < -0.39 is 17.4 Å². The van der Waals surface area contributed by atoms with Crippen LogP contribution in [0.2, 0.25) is 0 Å². The van der Waals surface area contributed by atoms with Crippen LogP contribution in [0.4, 0.5) is 20.6 Å². The SMILES string of the molecule is Cc1nc2nc(C)c(NC(=O)Nc3ccc(C)c(F)c3)c(=O)n2[nH]1. The number of nitrogens with zero attached hydrogens (tertiary/aromatic N) is 3. The second-order valence-electron chi connectivity index (χ2n) is 5.36. The summed E-state index contributed by atoms with van der Waals surface area (Å²) in [5.41, 5.74) is 0.611. The minimum Gasteiger partial charge on any atom is -0.308 e. The molecule has 124 valence electrons. The standard InChI is InChI=1S/C15H15FN6O2/c1-7-4-5-10(6-11(7)16)19-15(24)20-12-8(2)17-14-18-9(3)21-22(14)13(12)23/h4-6H,1-3H3,(H,17,18,21)(H2,19,20,24). The number of benzene rings is 1. The Balaban J connectivity index is 1.87.